The van der Waals surface area contributed by atoms with Gasteiger partial charge >= 0.3 is 0 Å². The summed E-state index contributed by atoms with van der Waals surface area (Å²) in [5.74, 6) is 0.122. The third-order valence-electron chi connectivity index (χ3n) is 3.86. The van der Waals surface area contributed by atoms with Gasteiger partial charge in [0.05, 0.1) is 18.1 Å². The molecule has 134 valence electrons. The molecule has 2 N–H and O–H groups in total. The Labute approximate surface area is 144 Å². The Bertz CT molecular complexity index is 559. The predicted molar refractivity (Wildman–Crippen MR) is 95.7 cm³/mol. The Morgan fingerprint density at radius 2 is 2.21 bits per heavy atom. The van der Waals surface area contributed by atoms with E-state index in [9.17, 15) is 15.0 Å². The van der Waals surface area contributed by atoms with Crippen molar-refractivity contribution >= 4 is 5.91 Å². The molecule has 24 heavy (non-hydrogen) atoms. The van der Waals surface area contributed by atoms with Crippen molar-refractivity contribution in [3.63, 3.8) is 0 Å². The van der Waals surface area contributed by atoms with Gasteiger partial charge in [-0.2, -0.15) is 0 Å². The third kappa shape index (κ3) is 6.81. The van der Waals surface area contributed by atoms with Crippen molar-refractivity contribution < 1.29 is 15.0 Å². The Hall–Kier alpha value is -1.72. The van der Waals surface area contributed by atoms with E-state index < -0.39 is 11.7 Å². The number of hydrogen-bond acceptors (Lipinski definition) is 4. The van der Waals surface area contributed by atoms with Gasteiger partial charge in [0.1, 0.15) is 6.33 Å². The SMILES string of the molecule is CC.CC1C=C(CCC(O)CC(=O)n2ccnc2)C=CC(C)(O)C1. The molecule has 0 saturated heterocycles. The summed E-state index contributed by atoms with van der Waals surface area (Å²) in [4.78, 5) is 15.7. The van der Waals surface area contributed by atoms with E-state index in [1.165, 1.54) is 10.9 Å². The van der Waals surface area contributed by atoms with Crippen molar-refractivity contribution in [1.82, 2.24) is 9.55 Å². The Morgan fingerprint density at radius 1 is 1.50 bits per heavy atom. The first-order chi connectivity index (χ1) is 11.4. The highest BCUT2D eigenvalue weighted by Gasteiger charge is 2.22. The van der Waals surface area contributed by atoms with Gasteiger partial charge in [-0.15, -0.1) is 0 Å². The lowest BCUT2D eigenvalue weighted by atomic mass is 9.94. The van der Waals surface area contributed by atoms with E-state index in [1.54, 1.807) is 19.3 Å². The molecule has 0 fully saturated rings. The summed E-state index contributed by atoms with van der Waals surface area (Å²) >= 11 is 0. The summed E-state index contributed by atoms with van der Waals surface area (Å²) in [6.07, 6.45) is 11.7. The zero-order chi connectivity index (χ0) is 18.2. The minimum absolute atomic E-state index is 0.0840. The lowest BCUT2D eigenvalue weighted by Gasteiger charge is -2.19. The highest BCUT2D eigenvalue weighted by molar-refractivity contribution is 5.79. The zero-order valence-electron chi connectivity index (χ0n) is 15.1. The van der Waals surface area contributed by atoms with E-state index in [2.05, 4.69) is 18.0 Å². The largest absolute Gasteiger partial charge is 0.393 e. The summed E-state index contributed by atoms with van der Waals surface area (Å²) in [6, 6.07) is 0. The second-order valence-electron chi connectivity index (χ2n) is 6.37. The highest BCUT2D eigenvalue weighted by Crippen LogP contribution is 2.26. The molecule has 0 saturated carbocycles. The summed E-state index contributed by atoms with van der Waals surface area (Å²) < 4.78 is 1.38. The lowest BCUT2D eigenvalue weighted by molar-refractivity contribution is 0.0787. The van der Waals surface area contributed by atoms with Crippen molar-refractivity contribution in [3.05, 3.63) is 42.5 Å². The molecule has 1 aliphatic rings. The second kappa shape index (κ2) is 9.55. The number of aromatic nitrogens is 2. The molecular weight excluding hydrogens is 304 g/mol. The predicted octanol–water partition coefficient (Wildman–Crippen LogP) is 3.35. The van der Waals surface area contributed by atoms with Crippen LogP contribution in [0.15, 0.2) is 42.5 Å². The average Bonchev–Trinajstić information content (AvgIpc) is 3.01. The number of nitrogens with zero attached hydrogens (tertiary/aromatic N) is 2. The Kier molecular flexibility index (Phi) is 8.08. The molecule has 5 heteroatoms. The summed E-state index contributed by atoms with van der Waals surface area (Å²) in [5, 5.41) is 20.2. The van der Waals surface area contributed by atoms with E-state index in [-0.39, 0.29) is 18.2 Å². The van der Waals surface area contributed by atoms with Gasteiger partial charge in [-0.3, -0.25) is 9.36 Å². The monoisotopic (exact) mass is 334 g/mol. The van der Waals surface area contributed by atoms with E-state index in [4.69, 9.17) is 0 Å². The van der Waals surface area contributed by atoms with Gasteiger partial charge in [-0.25, -0.2) is 4.98 Å². The average molecular weight is 334 g/mol. The van der Waals surface area contributed by atoms with Gasteiger partial charge < -0.3 is 10.2 Å². The van der Waals surface area contributed by atoms with Gasteiger partial charge in [-0.1, -0.05) is 44.6 Å². The molecule has 2 rings (SSSR count). The van der Waals surface area contributed by atoms with Gasteiger partial charge in [-0.05, 0) is 32.1 Å². The van der Waals surface area contributed by atoms with Crippen LogP contribution in [0.3, 0.4) is 0 Å². The maximum Gasteiger partial charge on any atom is 0.234 e. The van der Waals surface area contributed by atoms with E-state index in [1.807, 2.05) is 26.0 Å². The van der Waals surface area contributed by atoms with Crippen molar-refractivity contribution in [2.45, 2.75) is 65.1 Å². The first kappa shape index (κ1) is 20.3. The molecule has 3 atom stereocenters. The van der Waals surface area contributed by atoms with Crippen LogP contribution in [-0.2, 0) is 0 Å². The summed E-state index contributed by atoms with van der Waals surface area (Å²) in [7, 11) is 0. The van der Waals surface area contributed by atoms with Crippen molar-refractivity contribution in [2.75, 3.05) is 0 Å². The third-order valence-corrected chi connectivity index (χ3v) is 3.86. The van der Waals surface area contributed by atoms with Crippen LogP contribution in [0, 0.1) is 5.92 Å². The first-order valence-corrected chi connectivity index (χ1v) is 8.67. The van der Waals surface area contributed by atoms with E-state index in [0.29, 0.717) is 19.3 Å². The van der Waals surface area contributed by atoms with Crippen LogP contribution < -0.4 is 0 Å². The van der Waals surface area contributed by atoms with Crippen molar-refractivity contribution in [2.24, 2.45) is 5.92 Å². The van der Waals surface area contributed by atoms with Gasteiger partial charge in [0.25, 0.3) is 0 Å². The topological polar surface area (TPSA) is 75.3 Å². The van der Waals surface area contributed by atoms with Gasteiger partial charge in [0, 0.05) is 12.4 Å². The molecular formula is C19H30N2O3. The maximum absolute atomic E-state index is 11.9. The molecule has 0 radical (unpaired) electrons. The van der Waals surface area contributed by atoms with E-state index >= 15 is 0 Å². The number of allylic oxidation sites excluding steroid dienone is 3. The van der Waals surface area contributed by atoms with Gasteiger partial charge in [0.2, 0.25) is 5.91 Å². The van der Waals surface area contributed by atoms with E-state index in [0.717, 1.165) is 5.57 Å². The number of rotatable bonds is 5. The number of hydrogen-bond donors (Lipinski definition) is 2. The standard InChI is InChI=1S/C17H24N2O3.C2H6/c1-13-9-14(5-6-17(2,22)11-13)3-4-15(20)10-16(21)19-8-7-18-12-19;1-2/h5-9,12-13,15,20,22H,3-4,10-11H2,1-2H3;1-2H3. The Balaban J connectivity index is 0.00000139. The fourth-order valence-corrected chi connectivity index (χ4v) is 2.80. The molecule has 1 aromatic rings. The first-order valence-electron chi connectivity index (χ1n) is 8.67. The fraction of sp³-hybridized carbons (Fsp3) is 0.579. The second-order valence-corrected chi connectivity index (χ2v) is 6.37. The molecule has 1 aliphatic carbocycles. The minimum atomic E-state index is -0.784. The van der Waals surface area contributed by atoms with Crippen LogP contribution in [-0.4, -0.2) is 37.4 Å². The normalized spacial score (nSPS) is 24.4. The van der Waals surface area contributed by atoms with Crippen LogP contribution in [0.1, 0.15) is 58.2 Å². The van der Waals surface area contributed by atoms with Crippen LogP contribution in [0.5, 0.6) is 0 Å². The van der Waals surface area contributed by atoms with Crippen molar-refractivity contribution in [3.8, 4) is 0 Å². The smallest absolute Gasteiger partial charge is 0.234 e. The highest BCUT2D eigenvalue weighted by atomic mass is 16.3. The van der Waals surface area contributed by atoms with Crippen LogP contribution in [0.4, 0.5) is 0 Å². The quantitative estimate of drug-likeness (QED) is 0.866. The van der Waals surface area contributed by atoms with Crippen LogP contribution in [0.2, 0.25) is 0 Å². The Morgan fingerprint density at radius 3 is 2.83 bits per heavy atom. The molecule has 0 aliphatic heterocycles. The summed E-state index contributed by atoms with van der Waals surface area (Å²) in [6.45, 7) is 7.87. The fourth-order valence-electron chi connectivity index (χ4n) is 2.80. The maximum atomic E-state index is 11.9. The lowest BCUT2D eigenvalue weighted by Crippen LogP contribution is -2.22. The number of aliphatic hydroxyl groups is 2. The molecule has 1 aromatic heterocycles. The van der Waals surface area contributed by atoms with Gasteiger partial charge in [0.15, 0.2) is 0 Å². The number of imidazole rings is 1. The van der Waals surface area contributed by atoms with Crippen LogP contribution >= 0.6 is 0 Å². The molecule has 0 bridgehead atoms. The zero-order valence-corrected chi connectivity index (χ0v) is 15.1. The number of carbonyl (C=O) groups is 1. The van der Waals surface area contributed by atoms with Crippen molar-refractivity contribution in [1.29, 1.82) is 0 Å². The molecule has 0 spiro atoms. The number of carbonyl (C=O) groups excluding carboxylic acids is 1. The molecule has 5 nitrogen and oxygen atoms in total. The molecule has 0 amide bonds. The molecule has 0 aromatic carbocycles. The number of aliphatic hydroxyl groups excluding tert-OH is 1. The minimum Gasteiger partial charge on any atom is -0.393 e. The summed E-state index contributed by atoms with van der Waals surface area (Å²) in [5.41, 5.74) is 0.313. The molecule has 1 heterocycles. The molecule has 3 unspecified atom stereocenters. The van der Waals surface area contributed by atoms with Crippen LogP contribution in [0.25, 0.3) is 0 Å².